The van der Waals surface area contributed by atoms with Gasteiger partial charge < -0.3 is 9.88 Å². The number of thiazole rings is 1. The Balaban J connectivity index is 1.75. The smallest absolute Gasteiger partial charge is 0.0991 e. The van der Waals surface area contributed by atoms with Crippen LogP contribution >= 0.6 is 11.3 Å². The number of hydrogen-bond donors (Lipinski definition) is 1. The van der Waals surface area contributed by atoms with Crippen molar-refractivity contribution in [3.05, 3.63) is 59.1 Å². The molecule has 0 aliphatic rings. The molecule has 1 N–H and O–H groups in total. The van der Waals surface area contributed by atoms with Crippen LogP contribution in [0.3, 0.4) is 0 Å². The fourth-order valence-electron chi connectivity index (χ4n) is 1.87. The molecule has 3 rings (SSSR count). The molecule has 0 spiro atoms. The monoisotopic (exact) mass is 270 g/mol. The number of nitrogens with one attached hydrogen (secondary N) is 1. The van der Waals surface area contributed by atoms with E-state index in [2.05, 4.69) is 33.5 Å². The SMILES string of the molecule is Cc1ncsc1CNc1cccc(-n2ccnc2)c1. The molecule has 0 unspecified atom stereocenters. The summed E-state index contributed by atoms with van der Waals surface area (Å²) in [5.41, 5.74) is 5.18. The van der Waals surface area contributed by atoms with E-state index in [1.165, 1.54) is 4.88 Å². The first kappa shape index (κ1) is 11.9. The number of rotatable bonds is 4. The fraction of sp³-hybridized carbons (Fsp3) is 0.143. The van der Waals surface area contributed by atoms with Crippen LogP contribution in [0.15, 0.2) is 48.5 Å². The third-order valence-corrected chi connectivity index (χ3v) is 3.88. The van der Waals surface area contributed by atoms with Crippen LogP contribution in [0.5, 0.6) is 0 Å². The van der Waals surface area contributed by atoms with Crippen LogP contribution in [0.25, 0.3) is 5.69 Å². The number of aryl methyl sites for hydroxylation is 1. The summed E-state index contributed by atoms with van der Waals surface area (Å²) in [5.74, 6) is 0. The van der Waals surface area contributed by atoms with E-state index >= 15 is 0 Å². The minimum Gasteiger partial charge on any atom is -0.380 e. The van der Waals surface area contributed by atoms with E-state index < -0.39 is 0 Å². The second kappa shape index (κ2) is 5.24. The molecule has 96 valence electrons. The largest absolute Gasteiger partial charge is 0.380 e. The summed E-state index contributed by atoms with van der Waals surface area (Å²) in [6.45, 7) is 2.85. The van der Waals surface area contributed by atoms with Gasteiger partial charge in [-0.3, -0.25) is 0 Å². The molecule has 19 heavy (non-hydrogen) atoms. The number of anilines is 1. The molecule has 0 atom stereocenters. The maximum Gasteiger partial charge on any atom is 0.0991 e. The van der Waals surface area contributed by atoms with Gasteiger partial charge in [0.2, 0.25) is 0 Å². The van der Waals surface area contributed by atoms with Gasteiger partial charge in [0.25, 0.3) is 0 Å². The van der Waals surface area contributed by atoms with Crippen molar-refractivity contribution in [2.45, 2.75) is 13.5 Å². The second-order valence-corrected chi connectivity index (χ2v) is 5.17. The number of benzene rings is 1. The zero-order chi connectivity index (χ0) is 13.1. The van der Waals surface area contributed by atoms with Gasteiger partial charge in [-0.2, -0.15) is 0 Å². The maximum absolute atomic E-state index is 4.25. The molecular weight excluding hydrogens is 256 g/mol. The van der Waals surface area contributed by atoms with Crippen molar-refractivity contribution in [2.24, 2.45) is 0 Å². The van der Waals surface area contributed by atoms with E-state index in [-0.39, 0.29) is 0 Å². The van der Waals surface area contributed by atoms with Gasteiger partial charge in [-0.1, -0.05) is 6.07 Å². The van der Waals surface area contributed by atoms with Gasteiger partial charge in [-0.25, -0.2) is 9.97 Å². The zero-order valence-corrected chi connectivity index (χ0v) is 11.4. The lowest BCUT2D eigenvalue weighted by atomic mass is 10.2. The summed E-state index contributed by atoms with van der Waals surface area (Å²) in [4.78, 5) is 9.59. The average Bonchev–Trinajstić information content (AvgIpc) is 3.08. The topological polar surface area (TPSA) is 42.7 Å². The number of hydrogen-bond acceptors (Lipinski definition) is 4. The molecule has 0 aliphatic carbocycles. The lowest BCUT2D eigenvalue weighted by Crippen LogP contribution is -2.00. The first-order valence-electron chi connectivity index (χ1n) is 6.04. The molecule has 2 heterocycles. The molecule has 1 aromatic carbocycles. The Morgan fingerprint density at radius 2 is 2.32 bits per heavy atom. The van der Waals surface area contributed by atoms with E-state index in [0.29, 0.717) is 0 Å². The van der Waals surface area contributed by atoms with Crippen LogP contribution < -0.4 is 5.32 Å². The van der Waals surface area contributed by atoms with Gasteiger partial charge in [0, 0.05) is 28.6 Å². The predicted octanol–water partition coefficient (Wildman–Crippen LogP) is 3.25. The summed E-state index contributed by atoms with van der Waals surface area (Å²) in [6.07, 6.45) is 5.51. The first-order chi connectivity index (χ1) is 9.33. The lowest BCUT2D eigenvalue weighted by Gasteiger charge is -2.08. The van der Waals surface area contributed by atoms with Gasteiger partial charge >= 0.3 is 0 Å². The van der Waals surface area contributed by atoms with Crippen molar-refractivity contribution >= 4 is 17.0 Å². The highest BCUT2D eigenvalue weighted by Gasteiger charge is 2.02. The van der Waals surface area contributed by atoms with E-state index in [1.54, 1.807) is 23.9 Å². The Bertz CT molecular complexity index is 658. The van der Waals surface area contributed by atoms with Gasteiger partial charge in [0.15, 0.2) is 0 Å². The molecule has 5 heteroatoms. The molecule has 0 bridgehead atoms. The summed E-state index contributed by atoms with van der Waals surface area (Å²) in [7, 11) is 0. The third-order valence-electron chi connectivity index (χ3n) is 2.95. The fourth-order valence-corrected chi connectivity index (χ4v) is 2.58. The Morgan fingerprint density at radius 3 is 3.05 bits per heavy atom. The number of imidazole rings is 1. The molecule has 4 nitrogen and oxygen atoms in total. The highest BCUT2D eigenvalue weighted by molar-refractivity contribution is 7.09. The molecule has 0 radical (unpaired) electrons. The molecule has 0 amide bonds. The van der Waals surface area contributed by atoms with Gasteiger partial charge in [0.05, 0.1) is 24.1 Å². The average molecular weight is 270 g/mol. The van der Waals surface area contributed by atoms with Crippen LogP contribution in [-0.4, -0.2) is 14.5 Å². The number of nitrogens with zero attached hydrogens (tertiary/aromatic N) is 3. The first-order valence-corrected chi connectivity index (χ1v) is 6.92. The van der Waals surface area contributed by atoms with Crippen LogP contribution in [0.2, 0.25) is 0 Å². The Labute approximate surface area is 115 Å². The Kier molecular flexibility index (Phi) is 3.29. The van der Waals surface area contributed by atoms with E-state index in [0.717, 1.165) is 23.6 Å². The van der Waals surface area contributed by atoms with Crippen LogP contribution in [0, 0.1) is 6.92 Å². The van der Waals surface area contributed by atoms with Crippen molar-refractivity contribution in [2.75, 3.05) is 5.32 Å². The van der Waals surface area contributed by atoms with Crippen LogP contribution in [0.1, 0.15) is 10.6 Å². The van der Waals surface area contributed by atoms with Crippen molar-refractivity contribution < 1.29 is 0 Å². The maximum atomic E-state index is 4.25. The van der Waals surface area contributed by atoms with Gasteiger partial charge in [-0.15, -0.1) is 11.3 Å². The van der Waals surface area contributed by atoms with Crippen molar-refractivity contribution in [1.82, 2.24) is 14.5 Å². The summed E-state index contributed by atoms with van der Waals surface area (Å²) < 4.78 is 1.99. The standard InChI is InChI=1S/C14H14N4S/c1-11-14(19-10-17-11)8-16-12-3-2-4-13(7-12)18-6-5-15-9-18/h2-7,9-10,16H,8H2,1H3. The van der Waals surface area contributed by atoms with Crippen LogP contribution in [0.4, 0.5) is 5.69 Å². The third kappa shape index (κ3) is 2.66. The number of aromatic nitrogens is 3. The highest BCUT2D eigenvalue weighted by Crippen LogP contribution is 2.17. The molecule has 0 saturated heterocycles. The minimum absolute atomic E-state index is 0.809. The summed E-state index contributed by atoms with van der Waals surface area (Å²) >= 11 is 1.68. The van der Waals surface area contributed by atoms with Crippen LogP contribution in [-0.2, 0) is 6.54 Å². The van der Waals surface area contributed by atoms with E-state index in [1.807, 2.05) is 29.3 Å². The molecule has 2 aromatic heterocycles. The summed E-state index contributed by atoms with van der Waals surface area (Å²) in [6, 6.07) is 8.27. The van der Waals surface area contributed by atoms with Crippen molar-refractivity contribution in [1.29, 1.82) is 0 Å². The van der Waals surface area contributed by atoms with Gasteiger partial charge in [0.1, 0.15) is 0 Å². The molecule has 0 fully saturated rings. The molecule has 0 aliphatic heterocycles. The van der Waals surface area contributed by atoms with Crippen molar-refractivity contribution in [3.8, 4) is 5.69 Å². The molecule has 0 saturated carbocycles. The minimum atomic E-state index is 0.809. The van der Waals surface area contributed by atoms with E-state index in [4.69, 9.17) is 0 Å². The lowest BCUT2D eigenvalue weighted by molar-refractivity contribution is 1.05. The summed E-state index contributed by atoms with van der Waals surface area (Å²) in [5, 5.41) is 3.43. The van der Waals surface area contributed by atoms with E-state index in [9.17, 15) is 0 Å². The van der Waals surface area contributed by atoms with Gasteiger partial charge in [-0.05, 0) is 25.1 Å². The Hall–Kier alpha value is -2.14. The quantitative estimate of drug-likeness (QED) is 0.791. The zero-order valence-electron chi connectivity index (χ0n) is 10.6. The Morgan fingerprint density at radius 1 is 1.37 bits per heavy atom. The highest BCUT2D eigenvalue weighted by atomic mass is 32.1. The normalized spacial score (nSPS) is 10.6. The second-order valence-electron chi connectivity index (χ2n) is 4.23. The molecule has 3 aromatic rings. The predicted molar refractivity (Wildman–Crippen MR) is 77.7 cm³/mol. The van der Waals surface area contributed by atoms with Crippen molar-refractivity contribution in [3.63, 3.8) is 0 Å². The molecular formula is C14H14N4S.